The van der Waals surface area contributed by atoms with E-state index in [0.717, 1.165) is 8.61 Å². The van der Waals surface area contributed by atoms with Gasteiger partial charge in [0.05, 0.1) is 12.2 Å². The van der Waals surface area contributed by atoms with Crippen LogP contribution in [0, 0.1) is 0 Å². The van der Waals surface area contributed by atoms with Crippen molar-refractivity contribution < 1.29 is 17.9 Å². The van der Waals surface area contributed by atoms with E-state index in [4.69, 9.17) is 16.3 Å². The number of nitrogens with zero attached hydrogens (tertiary/aromatic N) is 2. The lowest BCUT2D eigenvalue weighted by molar-refractivity contribution is 0.0947. The molecule has 146 valence electrons. The second-order valence-electron chi connectivity index (χ2n) is 5.86. The normalized spacial score (nSPS) is 11.3. The molecule has 0 saturated heterocycles. The average Bonchev–Trinajstić information content (AvgIpc) is 2.65. The molecule has 0 spiro atoms. The summed E-state index contributed by atoms with van der Waals surface area (Å²) in [6.45, 7) is 0.646. The van der Waals surface area contributed by atoms with Crippen molar-refractivity contribution in [2.24, 2.45) is 0 Å². The second-order valence-corrected chi connectivity index (χ2v) is 8.47. The third-order valence-electron chi connectivity index (χ3n) is 3.77. The van der Waals surface area contributed by atoms with Gasteiger partial charge in [-0.05, 0) is 48.5 Å². The lowest BCUT2D eigenvalue weighted by atomic mass is 10.2. The largest absolute Gasteiger partial charge is 0.492 e. The molecule has 0 fully saturated rings. The van der Waals surface area contributed by atoms with E-state index in [2.05, 4.69) is 5.32 Å². The van der Waals surface area contributed by atoms with Crippen LogP contribution in [0.3, 0.4) is 0 Å². The number of halogens is 1. The number of hydrogen-bond acceptors (Lipinski definition) is 4. The first-order valence-corrected chi connectivity index (χ1v) is 9.92. The van der Waals surface area contributed by atoms with Crippen molar-refractivity contribution in [1.29, 1.82) is 0 Å². The Morgan fingerprint density at radius 1 is 1.04 bits per heavy atom. The molecule has 1 amide bonds. The van der Waals surface area contributed by atoms with E-state index in [1.165, 1.54) is 21.1 Å². The van der Waals surface area contributed by atoms with Crippen molar-refractivity contribution >= 4 is 33.4 Å². The highest BCUT2D eigenvalue weighted by molar-refractivity contribution is 7.90. The third-order valence-corrected chi connectivity index (χ3v) is 5.85. The minimum atomic E-state index is -3.57. The van der Waals surface area contributed by atoms with Gasteiger partial charge < -0.3 is 10.1 Å². The van der Waals surface area contributed by atoms with Crippen LogP contribution >= 0.6 is 11.6 Å². The van der Waals surface area contributed by atoms with Crippen molar-refractivity contribution in [2.45, 2.75) is 0 Å². The minimum absolute atomic E-state index is 0.264. The molecule has 27 heavy (non-hydrogen) atoms. The van der Waals surface area contributed by atoms with Crippen molar-refractivity contribution in [3.8, 4) is 5.75 Å². The Morgan fingerprint density at radius 2 is 1.63 bits per heavy atom. The van der Waals surface area contributed by atoms with Crippen LogP contribution in [0.2, 0.25) is 5.02 Å². The van der Waals surface area contributed by atoms with Crippen molar-refractivity contribution in [3.05, 3.63) is 59.1 Å². The molecule has 0 aromatic heterocycles. The summed E-state index contributed by atoms with van der Waals surface area (Å²) in [5, 5.41) is 3.38. The standard InChI is InChI=1S/C18H22ClN3O4S/c1-21(2)27(24,25)22(3)16-8-4-14(5-9-16)18(23)20-12-13-26-17-10-6-15(19)7-11-17/h4-11H,12-13H2,1-3H3,(H,20,23). The van der Waals surface area contributed by atoms with Gasteiger partial charge in [-0.2, -0.15) is 12.7 Å². The molecular weight excluding hydrogens is 390 g/mol. The van der Waals surface area contributed by atoms with Crippen LogP contribution < -0.4 is 14.4 Å². The van der Waals surface area contributed by atoms with E-state index in [0.29, 0.717) is 35.2 Å². The molecule has 2 aromatic rings. The topological polar surface area (TPSA) is 79.0 Å². The Morgan fingerprint density at radius 3 is 2.19 bits per heavy atom. The number of carbonyl (C=O) groups is 1. The molecule has 0 aliphatic carbocycles. The highest BCUT2D eigenvalue weighted by atomic mass is 35.5. The summed E-state index contributed by atoms with van der Waals surface area (Å²) in [5.41, 5.74) is 0.896. The Hall–Kier alpha value is -2.29. The second kappa shape index (κ2) is 9.07. The fraction of sp³-hybridized carbons (Fsp3) is 0.278. The van der Waals surface area contributed by atoms with Gasteiger partial charge in [0.15, 0.2) is 0 Å². The molecule has 7 nitrogen and oxygen atoms in total. The number of rotatable bonds is 8. The first-order valence-electron chi connectivity index (χ1n) is 8.15. The molecule has 9 heteroatoms. The number of carbonyl (C=O) groups excluding carboxylic acids is 1. The number of ether oxygens (including phenoxy) is 1. The molecule has 2 aromatic carbocycles. The van der Waals surface area contributed by atoms with Crippen molar-refractivity contribution in [2.75, 3.05) is 38.6 Å². The first-order chi connectivity index (χ1) is 12.7. The van der Waals surface area contributed by atoms with Crippen LogP contribution in [0.4, 0.5) is 5.69 Å². The summed E-state index contributed by atoms with van der Waals surface area (Å²) in [6, 6.07) is 13.3. The Balaban J connectivity index is 1.87. The molecule has 0 atom stereocenters. The van der Waals surface area contributed by atoms with E-state index < -0.39 is 10.2 Å². The van der Waals surface area contributed by atoms with E-state index in [1.54, 1.807) is 48.5 Å². The quantitative estimate of drug-likeness (QED) is 0.676. The molecule has 0 aliphatic heterocycles. The summed E-state index contributed by atoms with van der Waals surface area (Å²) in [4.78, 5) is 12.2. The molecule has 0 bridgehead atoms. The van der Waals surface area contributed by atoms with Gasteiger partial charge in [-0.3, -0.25) is 9.10 Å². The van der Waals surface area contributed by atoms with E-state index in [-0.39, 0.29) is 5.91 Å². The maximum Gasteiger partial charge on any atom is 0.303 e. The van der Waals surface area contributed by atoms with Crippen molar-refractivity contribution in [3.63, 3.8) is 0 Å². The SMILES string of the molecule is CN(C)S(=O)(=O)N(C)c1ccc(C(=O)NCCOc2ccc(Cl)cc2)cc1. The Kier molecular flexibility index (Phi) is 7.06. The number of anilines is 1. The lowest BCUT2D eigenvalue weighted by Gasteiger charge is -2.23. The molecule has 0 saturated carbocycles. The number of benzene rings is 2. The summed E-state index contributed by atoms with van der Waals surface area (Å²) >= 11 is 5.80. The van der Waals surface area contributed by atoms with Crippen LogP contribution in [0.25, 0.3) is 0 Å². The van der Waals surface area contributed by atoms with Crippen LogP contribution in [-0.2, 0) is 10.2 Å². The smallest absolute Gasteiger partial charge is 0.303 e. The van der Waals surface area contributed by atoms with Gasteiger partial charge in [-0.15, -0.1) is 0 Å². The highest BCUT2D eigenvalue weighted by Crippen LogP contribution is 2.18. The number of nitrogens with one attached hydrogen (secondary N) is 1. The molecule has 0 radical (unpaired) electrons. The van der Waals surface area contributed by atoms with Gasteiger partial charge in [0.1, 0.15) is 12.4 Å². The summed E-state index contributed by atoms with van der Waals surface area (Å²) in [5.74, 6) is 0.405. The molecule has 0 aliphatic rings. The average molecular weight is 412 g/mol. The number of amides is 1. The van der Waals surface area contributed by atoms with Gasteiger partial charge >= 0.3 is 10.2 Å². The van der Waals surface area contributed by atoms with Gasteiger partial charge in [-0.25, -0.2) is 0 Å². The zero-order valence-electron chi connectivity index (χ0n) is 15.3. The minimum Gasteiger partial charge on any atom is -0.492 e. The first kappa shape index (κ1) is 21.0. The Bertz CT molecular complexity index is 868. The van der Waals surface area contributed by atoms with Crippen molar-refractivity contribution in [1.82, 2.24) is 9.62 Å². The lowest BCUT2D eigenvalue weighted by Crippen LogP contribution is -2.37. The molecule has 0 unspecified atom stereocenters. The summed E-state index contributed by atoms with van der Waals surface area (Å²) in [6.07, 6.45) is 0. The predicted octanol–water partition coefficient (Wildman–Crippen LogP) is 2.39. The van der Waals surface area contributed by atoms with E-state index >= 15 is 0 Å². The molecule has 1 N–H and O–H groups in total. The van der Waals surface area contributed by atoms with E-state index in [9.17, 15) is 13.2 Å². The Labute approximate surface area is 164 Å². The maximum atomic E-state index is 12.2. The van der Waals surface area contributed by atoms with Gasteiger partial charge in [-0.1, -0.05) is 11.6 Å². The summed E-state index contributed by atoms with van der Waals surface area (Å²) < 4.78 is 32.0. The van der Waals surface area contributed by atoms with Gasteiger partial charge in [0.25, 0.3) is 5.91 Å². The molecule has 2 rings (SSSR count). The van der Waals surface area contributed by atoms with Gasteiger partial charge in [0, 0.05) is 31.7 Å². The van der Waals surface area contributed by atoms with Crippen LogP contribution in [-0.4, -0.2) is 52.9 Å². The van der Waals surface area contributed by atoms with E-state index in [1.807, 2.05) is 0 Å². The molecule has 0 heterocycles. The monoisotopic (exact) mass is 411 g/mol. The fourth-order valence-corrected chi connectivity index (χ4v) is 3.17. The zero-order chi connectivity index (χ0) is 20.0. The van der Waals surface area contributed by atoms with Crippen LogP contribution in [0.5, 0.6) is 5.75 Å². The molecular formula is C18H22ClN3O4S. The highest BCUT2D eigenvalue weighted by Gasteiger charge is 2.21. The maximum absolute atomic E-state index is 12.2. The van der Waals surface area contributed by atoms with Crippen LogP contribution in [0.1, 0.15) is 10.4 Å². The third kappa shape index (κ3) is 5.59. The van der Waals surface area contributed by atoms with Gasteiger partial charge in [0.2, 0.25) is 0 Å². The fourth-order valence-electron chi connectivity index (χ4n) is 2.17. The van der Waals surface area contributed by atoms with Crippen LogP contribution in [0.15, 0.2) is 48.5 Å². The number of hydrogen-bond donors (Lipinski definition) is 1. The predicted molar refractivity (Wildman–Crippen MR) is 107 cm³/mol. The summed E-state index contributed by atoms with van der Waals surface area (Å²) in [7, 11) is 0.805. The zero-order valence-corrected chi connectivity index (χ0v) is 16.9.